The third kappa shape index (κ3) is 3.36. The minimum absolute atomic E-state index is 0.168. The second kappa shape index (κ2) is 6.37. The van der Waals surface area contributed by atoms with E-state index in [0.717, 1.165) is 18.7 Å². The molecule has 1 aromatic carbocycles. The van der Waals surface area contributed by atoms with Gasteiger partial charge in [-0.2, -0.15) is 0 Å². The zero-order chi connectivity index (χ0) is 16.6. The van der Waals surface area contributed by atoms with Crippen LogP contribution in [-0.2, 0) is 16.6 Å². The first kappa shape index (κ1) is 16.7. The molecule has 0 aromatic heterocycles. The first-order valence-corrected chi connectivity index (χ1v) is 9.56. The van der Waals surface area contributed by atoms with Crippen molar-refractivity contribution in [3.63, 3.8) is 0 Å². The molecule has 1 aromatic rings. The Morgan fingerprint density at radius 1 is 1.22 bits per heavy atom. The Labute approximate surface area is 137 Å². The van der Waals surface area contributed by atoms with Crippen molar-refractivity contribution in [1.29, 1.82) is 0 Å². The summed E-state index contributed by atoms with van der Waals surface area (Å²) in [5.74, 6) is 0.859. The van der Waals surface area contributed by atoms with Gasteiger partial charge in [0.1, 0.15) is 0 Å². The number of likely N-dealkylation sites (tertiary alicyclic amines) is 1. The third-order valence-corrected chi connectivity index (χ3v) is 6.72. The predicted molar refractivity (Wildman–Crippen MR) is 86.2 cm³/mol. The van der Waals surface area contributed by atoms with Gasteiger partial charge in [-0.1, -0.05) is 6.07 Å². The lowest BCUT2D eigenvalue weighted by molar-refractivity contribution is 0.289. The molecule has 0 aliphatic carbocycles. The van der Waals surface area contributed by atoms with Gasteiger partial charge in [-0.15, -0.1) is 0 Å². The van der Waals surface area contributed by atoms with Crippen molar-refractivity contribution in [1.82, 2.24) is 9.21 Å². The van der Waals surface area contributed by atoms with Gasteiger partial charge in [0.05, 0.1) is 12.9 Å². The lowest BCUT2D eigenvalue weighted by Gasteiger charge is -2.21. The zero-order valence-electron chi connectivity index (χ0n) is 13.5. The molecule has 2 aliphatic heterocycles. The van der Waals surface area contributed by atoms with Gasteiger partial charge >= 0.3 is 0 Å². The Balaban J connectivity index is 1.60. The summed E-state index contributed by atoms with van der Waals surface area (Å²) in [5.41, 5.74) is 0.918. The van der Waals surface area contributed by atoms with Crippen molar-refractivity contribution in [3.8, 4) is 5.75 Å². The molecule has 2 atom stereocenters. The summed E-state index contributed by atoms with van der Waals surface area (Å²) < 4.78 is 44.2. The summed E-state index contributed by atoms with van der Waals surface area (Å²) in [6, 6.07) is 5.04. The molecule has 0 N–H and O–H groups in total. The maximum Gasteiger partial charge on any atom is 0.213 e. The van der Waals surface area contributed by atoms with Crippen molar-refractivity contribution in [2.45, 2.75) is 13.5 Å². The van der Waals surface area contributed by atoms with E-state index in [0.29, 0.717) is 31.5 Å². The van der Waals surface area contributed by atoms with E-state index in [9.17, 15) is 12.8 Å². The molecular weight excluding hydrogens is 319 g/mol. The van der Waals surface area contributed by atoms with Crippen LogP contribution in [0, 0.1) is 17.7 Å². The van der Waals surface area contributed by atoms with Gasteiger partial charge in [-0.05, 0) is 36.5 Å². The highest BCUT2D eigenvalue weighted by Crippen LogP contribution is 2.33. The number of halogens is 1. The van der Waals surface area contributed by atoms with Gasteiger partial charge in [0.25, 0.3) is 0 Å². The van der Waals surface area contributed by atoms with E-state index in [-0.39, 0.29) is 17.3 Å². The van der Waals surface area contributed by atoms with Crippen molar-refractivity contribution in [3.05, 3.63) is 29.6 Å². The standard InChI is InChI=1S/C16H23FN2O3S/c1-3-23(20,21)19-10-13-8-18(9-14(13)11-19)7-12-4-5-16(22-2)15(17)6-12/h4-6,13-14H,3,7-11H2,1-2H3/t13-,14-/m0/s1. The van der Waals surface area contributed by atoms with Crippen molar-refractivity contribution in [2.75, 3.05) is 39.0 Å². The molecule has 0 radical (unpaired) electrons. The number of ether oxygens (including phenoxy) is 1. The fourth-order valence-electron chi connectivity index (χ4n) is 3.65. The van der Waals surface area contributed by atoms with Crippen LogP contribution in [0.15, 0.2) is 18.2 Å². The smallest absolute Gasteiger partial charge is 0.213 e. The van der Waals surface area contributed by atoms with E-state index in [2.05, 4.69) is 4.90 Å². The lowest BCUT2D eigenvalue weighted by Crippen LogP contribution is -2.34. The van der Waals surface area contributed by atoms with Crippen molar-refractivity contribution < 1.29 is 17.5 Å². The third-order valence-electron chi connectivity index (χ3n) is 4.91. The van der Waals surface area contributed by atoms with Crippen LogP contribution < -0.4 is 4.74 Å². The van der Waals surface area contributed by atoms with Crippen LogP contribution in [0.5, 0.6) is 5.75 Å². The van der Waals surface area contributed by atoms with E-state index in [1.165, 1.54) is 13.2 Å². The molecule has 2 heterocycles. The van der Waals surface area contributed by atoms with Gasteiger partial charge in [-0.3, -0.25) is 4.90 Å². The Bertz CT molecular complexity index is 666. The summed E-state index contributed by atoms with van der Waals surface area (Å²) in [4.78, 5) is 2.28. The molecule has 2 saturated heterocycles. The van der Waals surface area contributed by atoms with Gasteiger partial charge in [0, 0.05) is 32.7 Å². The van der Waals surface area contributed by atoms with Crippen LogP contribution in [0.1, 0.15) is 12.5 Å². The summed E-state index contributed by atoms with van der Waals surface area (Å²) in [6.07, 6.45) is 0. The monoisotopic (exact) mass is 342 g/mol. The molecule has 3 rings (SSSR count). The van der Waals surface area contributed by atoms with Crippen LogP contribution in [0.3, 0.4) is 0 Å². The number of fused-ring (bicyclic) bond motifs is 1. The van der Waals surface area contributed by atoms with Crippen LogP contribution in [-0.4, -0.2) is 56.7 Å². The molecule has 0 unspecified atom stereocenters. The number of rotatable bonds is 5. The van der Waals surface area contributed by atoms with E-state index >= 15 is 0 Å². The molecule has 23 heavy (non-hydrogen) atoms. The van der Waals surface area contributed by atoms with Gasteiger partial charge < -0.3 is 4.74 Å². The molecule has 0 bridgehead atoms. The number of hydrogen-bond donors (Lipinski definition) is 0. The number of sulfonamides is 1. The maximum atomic E-state index is 13.8. The summed E-state index contributed by atoms with van der Waals surface area (Å²) in [6.45, 7) is 5.35. The second-order valence-electron chi connectivity index (χ2n) is 6.40. The molecule has 0 amide bonds. The van der Waals surface area contributed by atoms with E-state index in [1.54, 1.807) is 17.3 Å². The molecule has 0 saturated carbocycles. The Kier molecular flexibility index (Phi) is 4.62. The largest absolute Gasteiger partial charge is 0.494 e. The van der Waals surface area contributed by atoms with Gasteiger partial charge in [-0.25, -0.2) is 17.1 Å². The summed E-state index contributed by atoms with van der Waals surface area (Å²) in [7, 11) is -1.62. The number of nitrogens with zero attached hydrogens (tertiary/aromatic N) is 2. The average Bonchev–Trinajstić information content (AvgIpc) is 3.06. The van der Waals surface area contributed by atoms with Crippen LogP contribution in [0.4, 0.5) is 4.39 Å². The SMILES string of the molecule is CCS(=O)(=O)N1C[C@@H]2CN(Cc3ccc(OC)c(F)c3)C[C@H]2C1. The Morgan fingerprint density at radius 2 is 1.87 bits per heavy atom. The fraction of sp³-hybridized carbons (Fsp3) is 0.625. The predicted octanol–water partition coefficient (Wildman–Crippen LogP) is 1.55. The van der Waals surface area contributed by atoms with Gasteiger partial charge in [0.2, 0.25) is 10.0 Å². The molecule has 2 aliphatic rings. The highest BCUT2D eigenvalue weighted by Gasteiger charge is 2.43. The molecule has 7 heteroatoms. The average molecular weight is 342 g/mol. The zero-order valence-corrected chi connectivity index (χ0v) is 14.4. The number of methoxy groups -OCH3 is 1. The van der Waals surface area contributed by atoms with Gasteiger partial charge in [0.15, 0.2) is 11.6 Å². The van der Waals surface area contributed by atoms with E-state index in [1.807, 2.05) is 6.07 Å². The molecule has 0 spiro atoms. The van der Waals surface area contributed by atoms with Crippen molar-refractivity contribution >= 4 is 10.0 Å². The lowest BCUT2D eigenvalue weighted by atomic mass is 10.0. The number of hydrogen-bond acceptors (Lipinski definition) is 4. The van der Waals surface area contributed by atoms with Crippen LogP contribution in [0.25, 0.3) is 0 Å². The minimum Gasteiger partial charge on any atom is -0.494 e. The maximum absolute atomic E-state index is 13.8. The van der Waals surface area contributed by atoms with E-state index in [4.69, 9.17) is 4.74 Å². The fourth-order valence-corrected chi connectivity index (χ4v) is 4.85. The summed E-state index contributed by atoms with van der Waals surface area (Å²) >= 11 is 0. The Hall–Kier alpha value is -1.18. The van der Waals surface area contributed by atoms with Crippen LogP contribution >= 0.6 is 0 Å². The molecule has 5 nitrogen and oxygen atoms in total. The highest BCUT2D eigenvalue weighted by molar-refractivity contribution is 7.89. The molecule has 128 valence electrons. The quantitative estimate of drug-likeness (QED) is 0.815. The van der Waals surface area contributed by atoms with Crippen molar-refractivity contribution in [2.24, 2.45) is 11.8 Å². The topological polar surface area (TPSA) is 49.9 Å². The highest BCUT2D eigenvalue weighted by atomic mass is 32.2. The number of benzene rings is 1. The summed E-state index contributed by atoms with van der Waals surface area (Å²) in [5, 5.41) is 0. The first-order chi connectivity index (χ1) is 10.9. The van der Waals surface area contributed by atoms with Crippen LogP contribution in [0.2, 0.25) is 0 Å². The molecule has 2 fully saturated rings. The second-order valence-corrected chi connectivity index (χ2v) is 8.66. The molecular formula is C16H23FN2O3S. The Morgan fingerprint density at radius 3 is 2.39 bits per heavy atom. The normalized spacial score (nSPS) is 25.7. The van der Waals surface area contributed by atoms with E-state index < -0.39 is 10.0 Å². The first-order valence-electron chi connectivity index (χ1n) is 7.95. The minimum atomic E-state index is -3.08.